The maximum absolute atomic E-state index is 8.53. The fourth-order valence-corrected chi connectivity index (χ4v) is 5.87. The van der Waals surface area contributed by atoms with Crippen molar-refractivity contribution in [2.75, 3.05) is 5.73 Å². The van der Waals surface area contributed by atoms with E-state index in [1.807, 2.05) is 158 Å². The van der Waals surface area contributed by atoms with Crippen LogP contribution in [0.1, 0.15) is 11.1 Å². The Kier molecular flexibility index (Phi) is 9.57. The molecule has 3 aromatic heterocycles. The predicted octanol–water partition coefficient (Wildman–Crippen LogP) is 10.3. The molecule has 4 N–H and O–H groups in total. The predicted molar refractivity (Wildman–Crippen MR) is 210 cm³/mol. The summed E-state index contributed by atoms with van der Waals surface area (Å²) in [4.78, 5) is 13.6. The first-order valence-corrected chi connectivity index (χ1v) is 16.6. The molecule has 51 heavy (non-hydrogen) atoms. The van der Waals surface area contributed by atoms with Gasteiger partial charge in [0.15, 0.2) is 0 Å². The fourth-order valence-electron chi connectivity index (χ4n) is 5.87. The van der Waals surface area contributed by atoms with Crippen molar-refractivity contribution in [2.45, 2.75) is 0 Å². The lowest BCUT2D eigenvalue weighted by Gasteiger charge is -2.17. The van der Waals surface area contributed by atoms with Crippen LogP contribution in [0.4, 0.5) is 5.69 Å². The number of benzene rings is 4. The van der Waals surface area contributed by atoms with Crippen LogP contribution in [0.2, 0.25) is 0 Å². The number of allylic oxidation sites excluding steroid dienone is 4. The summed E-state index contributed by atoms with van der Waals surface area (Å²) in [6.07, 6.45) is 7.31. The molecule has 0 fully saturated rings. The fraction of sp³-hybridized carbons (Fsp3) is 0. The van der Waals surface area contributed by atoms with Crippen molar-refractivity contribution in [3.05, 3.63) is 193 Å². The largest absolute Gasteiger partial charge is 0.399 e. The molecule has 0 unspecified atom stereocenters. The van der Waals surface area contributed by atoms with E-state index in [0.717, 1.165) is 73.0 Å². The number of nitrogen functional groups attached to an aromatic ring is 1. The molecule has 8 rings (SSSR count). The van der Waals surface area contributed by atoms with Crippen molar-refractivity contribution in [1.82, 2.24) is 15.0 Å². The zero-order valence-electron chi connectivity index (χ0n) is 27.7. The highest BCUT2D eigenvalue weighted by Crippen LogP contribution is 2.32. The molecule has 0 amide bonds. The van der Waals surface area contributed by atoms with E-state index in [2.05, 4.69) is 16.0 Å². The van der Waals surface area contributed by atoms with Crippen molar-refractivity contribution < 1.29 is 0 Å². The molecule has 0 bridgehead atoms. The van der Waals surface area contributed by atoms with Crippen LogP contribution in [0.15, 0.2) is 182 Å². The Morgan fingerprint density at radius 3 is 1.41 bits per heavy atom. The standard InChI is InChI=1S/C28H20N4.C17H14N2/c29-25-18-23(19-7-5-9-21(15-19)26-11-1-3-13-31-26)17-24(28(25)30)20-8-6-10-22(16-20)27-12-2-4-14-32-27;18-15-11-16(13-7-3-1-4-8-13)19-17(12-15)14-9-5-2-6-10-14/h1-18,29-30H;1-12H,(H2,18,19). The maximum Gasteiger partial charge on any atom is 0.0867 e. The Morgan fingerprint density at radius 1 is 0.412 bits per heavy atom. The lowest BCUT2D eigenvalue weighted by Crippen LogP contribution is -2.15. The first kappa shape index (κ1) is 32.5. The Balaban J connectivity index is 0.000000182. The molecule has 0 radical (unpaired) electrons. The lowest BCUT2D eigenvalue weighted by atomic mass is 9.87. The molecule has 6 nitrogen and oxygen atoms in total. The average Bonchev–Trinajstić information content (AvgIpc) is 3.20. The molecule has 0 saturated carbocycles. The smallest absolute Gasteiger partial charge is 0.0867 e. The molecule has 0 aliphatic heterocycles. The van der Waals surface area contributed by atoms with Gasteiger partial charge in [-0.25, -0.2) is 4.98 Å². The Bertz CT molecular complexity index is 2330. The summed E-state index contributed by atoms with van der Waals surface area (Å²) in [5.41, 5.74) is 18.4. The van der Waals surface area contributed by atoms with Crippen LogP contribution in [0, 0.1) is 10.8 Å². The van der Waals surface area contributed by atoms with E-state index in [4.69, 9.17) is 21.5 Å². The third-order valence-electron chi connectivity index (χ3n) is 8.42. The van der Waals surface area contributed by atoms with E-state index < -0.39 is 0 Å². The molecule has 6 heteroatoms. The van der Waals surface area contributed by atoms with Crippen LogP contribution in [0.5, 0.6) is 0 Å². The van der Waals surface area contributed by atoms with E-state index in [0.29, 0.717) is 0 Å². The Hall–Kier alpha value is -7.05. The number of anilines is 1. The molecule has 244 valence electrons. The topological polar surface area (TPSA) is 112 Å². The summed E-state index contributed by atoms with van der Waals surface area (Å²) in [5.74, 6) is 0. The number of nitrogens with two attached hydrogens (primary N) is 1. The van der Waals surface area contributed by atoms with Gasteiger partial charge in [-0.05, 0) is 77.4 Å². The average molecular weight is 659 g/mol. The maximum atomic E-state index is 8.53. The van der Waals surface area contributed by atoms with Crippen molar-refractivity contribution >= 4 is 28.3 Å². The molecule has 0 saturated heterocycles. The van der Waals surface area contributed by atoms with E-state index in [9.17, 15) is 0 Å². The molecule has 0 atom stereocenters. The minimum absolute atomic E-state index is 0.198. The van der Waals surface area contributed by atoms with Gasteiger partial charge in [-0.15, -0.1) is 0 Å². The van der Waals surface area contributed by atoms with Crippen molar-refractivity contribution in [3.8, 4) is 45.0 Å². The Labute approximate surface area is 297 Å². The highest BCUT2D eigenvalue weighted by Gasteiger charge is 2.19. The summed E-state index contributed by atoms with van der Waals surface area (Å²) in [5, 5.41) is 17.0. The van der Waals surface area contributed by atoms with Crippen molar-refractivity contribution in [1.29, 1.82) is 10.8 Å². The molecule has 7 aromatic rings. The number of aromatic nitrogens is 3. The minimum Gasteiger partial charge on any atom is -0.399 e. The van der Waals surface area contributed by atoms with Crippen LogP contribution in [-0.4, -0.2) is 26.4 Å². The second-order valence-electron chi connectivity index (χ2n) is 11.9. The number of pyridine rings is 3. The molecule has 4 aromatic carbocycles. The van der Waals surface area contributed by atoms with Gasteiger partial charge in [-0.2, -0.15) is 0 Å². The number of hydrogen-bond donors (Lipinski definition) is 3. The second kappa shape index (κ2) is 15.0. The number of nitrogens with one attached hydrogen (secondary N) is 2. The van der Waals surface area contributed by atoms with Crippen LogP contribution in [0.25, 0.3) is 56.2 Å². The van der Waals surface area contributed by atoms with Gasteiger partial charge in [0.25, 0.3) is 0 Å². The third-order valence-corrected chi connectivity index (χ3v) is 8.42. The van der Waals surface area contributed by atoms with E-state index in [1.165, 1.54) is 0 Å². The number of hydrogen-bond acceptors (Lipinski definition) is 6. The Morgan fingerprint density at radius 2 is 0.882 bits per heavy atom. The van der Waals surface area contributed by atoms with Crippen LogP contribution < -0.4 is 5.73 Å². The molecule has 1 aliphatic carbocycles. The van der Waals surface area contributed by atoms with Crippen LogP contribution in [-0.2, 0) is 0 Å². The van der Waals surface area contributed by atoms with Gasteiger partial charge in [0.2, 0.25) is 0 Å². The third kappa shape index (κ3) is 7.66. The minimum atomic E-state index is 0.198. The van der Waals surface area contributed by atoms with E-state index in [-0.39, 0.29) is 11.4 Å². The summed E-state index contributed by atoms with van der Waals surface area (Å²) in [7, 11) is 0. The van der Waals surface area contributed by atoms with Crippen LogP contribution in [0.3, 0.4) is 0 Å². The molecule has 0 spiro atoms. The van der Waals surface area contributed by atoms with Gasteiger partial charge in [0, 0.05) is 45.9 Å². The van der Waals surface area contributed by atoms with Gasteiger partial charge < -0.3 is 5.73 Å². The van der Waals surface area contributed by atoms with Gasteiger partial charge in [-0.1, -0.05) is 109 Å². The van der Waals surface area contributed by atoms with E-state index >= 15 is 0 Å². The van der Waals surface area contributed by atoms with Gasteiger partial charge in [0.05, 0.1) is 34.2 Å². The van der Waals surface area contributed by atoms with Crippen LogP contribution >= 0.6 is 0 Å². The number of rotatable bonds is 6. The monoisotopic (exact) mass is 658 g/mol. The van der Waals surface area contributed by atoms with Gasteiger partial charge in [0.1, 0.15) is 0 Å². The van der Waals surface area contributed by atoms with E-state index in [1.54, 1.807) is 18.5 Å². The highest BCUT2D eigenvalue weighted by atomic mass is 14.7. The van der Waals surface area contributed by atoms with Gasteiger partial charge in [-0.3, -0.25) is 20.8 Å². The first-order chi connectivity index (χ1) is 25.0. The highest BCUT2D eigenvalue weighted by molar-refractivity contribution is 6.61. The zero-order chi connectivity index (χ0) is 35.0. The first-order valence-electron chi connectivity index (χ1n) is 16.6. The molecular formula is C45H34N6. The quantitative estimate of drug-likeness (QED) is 0.154. The SMILES string of the molecule is N=C1C=C(c2cccc(-c3ccccn3)c2)C=C(c2cccc(-c3ccccn3)c2)C1=N.Nc1cc(-c2ccccc2)nc(-c2ccccc2)c1. The second-order valence-corrected chi connectivity index (χ2v) is 11.9. The summed E-state index contributed by atoms with van der Waals surface area (Å²) < 4.78 is 0. The normalized spacial score (nSPS) is 12.3. The molecule has 1 aliphatic rings. The summed E-state index contributed by atoms with van der Waals surface area (Å²) >= 11 is 0. The molecule has 3 heterocycles. The zero-order valence-corrected chi connectivity index (χ0v) is 27.7. The van der Waals surface area contributed by atoms with Gasteiger partial charge >= 0.3 is 0 Å². The summed E-state index contributed by atoms with van der Waals surface area (Å²) in [6, 6.07) is 51.8. The number of nitrogens with zero attached hydrogens (tertiary/aromatic N) is 3. The lowest BCUT2D eigenvalue weighted by molar-refractivity contribution is 1.32. The van der Waals surface area contributed by atoms with Crippen molar-refractivity contribution in [3.63, 3.8) is 0 Å². The summed E-state index contributed by atoms with van der Waals surface area (Å²) in [6.45, 7) is 0. The molecular weight excluding hydrogens is 625 g/mol. The van der Waals surface area contributed by atoms with Crippen molar-refractivity contribution in [2.24, 2.45) is 0 Å².